The summed E-state index contributed by atoms with van der Waals surface area (Å²) >= 11 is 0. The highest BCUT2D eigenvalue weighted by molar-refractivity contribution is 7.93. The molecular formula is C20H33N3O4S. The summed E-state index contributed by atoms with van der Waals surface area (Å²) in [5.74, 6) is 1.01. The van der Waals surface area contributed by atoms with Crippen LogP contribution in [-0.4, -0.2) is 35.0 Å². The van der Waals surface area contributed by atoms with Gasteiger partial charge in [0.1, 0.15) is 10.8 Å². The Labute approximate surface area is 168 Å². The monoisotopic (exact) mass is 411 g/mol. The lowest BCUT2D eigenvalue weighted by Crippen LogP contribution is -2.51. The molecule has 1 aromatic heterocycles. The van der Waals surface area contributed by atoms with Crippen LogP contribution in [0.3, 0.4) is 0 Å². The van der Waals surface area contributed by atoms with E-state index in [0.717, 1.165) is 38.5 Å². The molecular weight excluding hydrogens is 378 g/mol. The molecule has 0 spiro atoms. The van der Waals surface area contributed by atoms with E-state index in [2.05, 4.69) is 10.5 Å². The summed E-state index contributed by atoms with van der Waals surface area (Å²) in [4.78, 5) is 17.6. The number of aromatic nitrogens is 2. The Morgan fingerprint density at radius 1 is 1.07 bits per heavy atom. The Morgan fingerprint density at radius 3 is 2.25 bits per heavy atom. The molecule has 28 heavy (non-hydrogen) atoms. The maximum atomic E-state index is 12.9. The van der Waals surface area contributed by atoms with Crippen LogP contribution in [0.15, 0.2) is 4.52 Å². The topological polar surface area (TPSA) is 102 Å². The quantitative estimate of drug-likeness (QED) is 0.718. The van der Waals surface area contributed by atoms with Crippen LogP contribution in [0.1, 0.15) is 103 Å². The predicted octanol–water partition coefficient (Wildman–Crippen LogP) is 3.60. The zero-order valence-electron chi connectivity index (χ0n) is 17.2. The van der Waals surface area contributed by atoms with E-state index < -0.39 is 31.8 Å². The summed E-state index contributed by atoms with van der Waals surface area (Å²) < 4.78 is 30.6. The fraction of sp³-hybridized carbons (Fsp3) is 0.850. The molecule has 2 aliphatic rings. The van der Waals surface area contributed by atoms with Crippen LogP contribution >= 0.6 is 0 Å². The smallest absolute Gasteiger partial charge is 0.238 e. The molecule has 1 N–H and O–H groups in total. The van der Waals surface area contributed by atoms with Gasteiger partial charge in [0.2, 0.25) is 11.8 Å². The van der Waals surface area contributed by atoms with Gasteiger partial charge in [-0.15, -0.1) is 0 Å². The summed E-state index contributed by atoms with van der Waals surface area (Å²) in [5.41, 5.74) is -0.741. The Bertz CT molecular complexity index is 773. The molecule has 0 aromatic carbocycles. The van der Waals surface area contributed by atoms with Crippen molar-refractivity contribution in [2.45, 2.75) is 107 Å². The first-order valence-corrected chi connectivity index (χ1v) is 12.3. The average Bonchev–Trinajstić information content (AvgIpc) is 3.30. The van der Waals surface area contributed by atoms with Gasteiger partial charge in [-0.25, -0.2) is 8.42 Å². The van der Waals surface area contributed by atoms with Crippen molar-refractivity contribution in [3.05, 3.63) is 11.7 Å². The SMILES string of the molecule is CC(C)S(=O)(=O)[C@@H](C)C(=O)NC1(c2noc(C3CCCC3)n2)CCCCCC1. The van der Waals surface area contributed by atoms with Crippen molar-refractivity contribution in [2.24, 2.45) is 0 Å². The number of sulfone groups is 1. The van der Waals surface area contributed by atoms with Gasteiger partial charge in [-0.3, -0.25) is 4.79 Å². The van der Waals surface area contributed by atoms with Crippen molar-refractivity contribution in [3.8, 4) is 0 Å². The molecule has 1 atom stereocenters. The number of hydrogen-bond acceptors (Lipinski definition) is 6. The third kappa shape index (κ3) is 4.26. The van der Waals surface area contributed by atoms with E-state index in [9.17, 15) is 13.2 Å². The van der Waals surface area contributed by atoms with Gasteiger partial charge in [0.05, 0.1) is 5.25 Å². The number of nitrogens with zero attached hydrogens (tertiary/aromatic N) is 2. The fourth-order valence-electron chi connectivity index (χ4n) is 4.40. The number of carbonyl (C=O) groups is 1. The summed E-state index contributed by atoms with van der Waals surface area (Å²) in [6, 6.07) is 0. The van der Waals surface area contributed by atoms with Gasteiger partial charge in [0, 0.05) is 5.92 Å². The average molecular weight is 412 g/mol. The first kappa shape index (κ1) is 21.3. The van der Waals surface area contributed by atoms with Gasteiger partial charge in [0.15, 0.2) is 15.7 Å². The molecule has 0 bridgehead atoms. The second-order valence-electron chi connectivity index (χ2n) is 8.70. The van der Waals surface area contributed by atoms with Crippen LogP contribution in [0, 0.1) is 0 Å². The van der Waals surface area contributed by atoms with Gasteiger partial charge >= 0.3 is 0 Å². The molecule has 8 heteroatoms. The van der Waals surface area contributed by atoms with Gasteiger partial charge in [-0.1, -0.05) is 43.7 Å². The van der Waals surface area contributed by atoms with Gasteiger partial charge < -0.3 is 9.84 Å². The summed E-state index contributed by atoms with van der Waals surface area (Å²) in [6.45, 7) is 4.68. The van der Waals surface area contributed by atoms with Crippen molar-refractivity contribution >= 4 is 15.7 Å². The molecule has 3 rings (SSSR count). The molecule has 1 amide bonds. The molecule has 2 fully saturated rings. The van der Waals surface area contributed by atoms with Crippen molar-refractivity contribution < 1.29 is 17.7 Å². The maximum Gasteiger partial charge on any atom is 0.238 e. The summed E-state index contributed by atoms with van der Waals surface area (Å²) in [5, 5.41) is 5.61. The molecule has 0 saturated heterocycles. The van der Waals surface area contributed by atoms with E-state index in [1.165, 1.54) is 19.8 Å². The van der Waals surface area contributed by atoms with E-state index >= 15 is 0 Å². The predicted molar refractivity (Wildman–Crippen MR) is 107 cm³/mol. The minimum atomic E-state index is -3.53. The van der Waals surface area contributed by atoms with Crippen LogP contribution in [0.4, 0.5) is 0 Å². The van der Waals surface area contributed by atoms with Crippen LogP contribution in [0.5, 0.6) is 0 Å². The Hall–Kier alpha value is -1.44. The zero-order valence-corrected chi connectivity index (χ0v) is 18.1. The minimum absolute atomic E-state index is 0.306. The van der Waals surface area contributed by atoms with E-state index in [4.69, 9.17) is 9.51 Å². The summed E-state index contributed by atoms with van der Waals surface area (Å²) in [7, 11) is -3.53. The number of carbonyl (C=O) groups excluding carboxylic acids is 1. The van der Waals surface area contributed by atoms with Gasteiger partial charge in [-0.2, -0.15) is 4.98 Å². The van der Waals surface area contributed by atoms with E-state index in [1.807, 2.05) is 0 Å². The lowest BCUT2D eigenvalue weighted by atomic mass is 9.89. The van der Waals surface area contributed by atoms with Crippen molar-refractivity contribution in [3.63, 3.8) is 0 Å². The van der Waals surface area contributed by atoms with Crippen LogP contribution in [0.25, 0.3) is 0 Å². The highest BCUT2D eigenvalue weighted by Crippen LogP contribution is 2.38. The molecule has 1 aromatic rings. The number of rotatable bonds is 6. The molecule has 0 radical (unpaired) electrons. The van der Waals surface area contributed by atoms with Crippen LogP contribution in [0.2, 0.25) is 0 Å². The molecule has 2 aliphatic carbocycles. The van der Waals surface area contributed by atoms with E-state index in [-0.39, 0.29) is 0 Å². The lowest BCUT2D eigenvalue weighted by Gasteiger charge is -2.32. The largest absolute Gasteiger partial charge is 0.342 e. The van der Waals surface area contributed by atoms with Crippen molar-refractivity contribution in [1.29, 1.82) is 0 Å². The third-order valence-electron chi connectivity index (χ3n) is 6.41. The first-order chi connectivity index (χ1) is 13.3. The molecule has 2 saturated carbocycles. The van der Waals surface area contributed by atoms with Gasteiger partial charge in [-0.05, 0) is 46.5 Å². The highest BCUT2D eigenvalue weighted by atomic mass is 32.2. The van der Waals surface area contributed by atoms with Gasteiger partial charge in [0.25, 0.3) is 0 Å². The Morgan fingerprint density at radius 2 is 1.68 bits per heavy atom. The van der Waals surface area contributed by atoms with Crippen molar-refractivity contribution in [1.82, 2.24) is 15.5 Å². The molecule has 158 valence electrons. The standard InChI is InChI=1S/C20H33N3O4S/c1-14(2)28(25,26)15(3)17(24)22-20(12-8-4-5-9-13-20)19-21-18(27-23-19)16-10-6-7-11-16/h14-16H,4-13H2,1-3H3,(H,22,24)/t15-/m0/s1. The van der Waals surface area contributed by atoms with Crippen LogP contribution < -0.4 is 5.32 Å². The minimum Gasteiger partial charge on any atom is -0.342 e. The van der Waals surface area contributed by atoms with E-state index in [0.29, 0.717) is 30.5 Å². The maximum absolute atomic E-state index is 12.9. The Kier molecular flexibility index (Phi) is 6.47. The normalized spacial score (nSPS) is 22.1. The number of nitrogens with one attached hydrogen (secondary N) is 1. The zero-order chi connectivity index (χ0) is 20.4. The summed E-state index contributed by atoms with van der Waals surface area (Å²) in [6.07, 6.45) is 9.94. The number of hydrogen-bond donors (Lipinski definition) is 1. The third-order valence-corrected chi connectivity index (χ3v) is 8.93. The van der Waals surface area contributed by atoms with E-state index in [1.54, 1.807) is 13.8 Å². The molecule has 7 nitrogen and oxygen atoms in total. The molecule has 0 aliphatic heterocycles. The first-order valence-electron chi connectivity index (χ1n) is 10.6. The molecule has 0 unspecified atom stereocenters. The lowest BCUT2D eigenvalue weighted by molar-refractivity contribution is -0.122. The Balaban J connectivity index is 1.87. The second-order valence-corrected chi connectivity index (χ2v) is 11.5. The van der Waals surface area contributed by atoms with Crippen molar-refractivity contribution in [2.75, 3.05) is 0 Å². The number of amides is 1. The second kappa shape index (κ2) is 8.51. The fourth-order valence-corrected chi connectivity index (χ4v) is 5.57. The highest BCUT2D eigenvalue weighted by Gasteiger charge is 2.42. The molecule has 1 heterocycles. The van der Waals surface area contributed by atoms with Crippen LogP contribution in [-0.2, 0) is 20.2 Å².